The number of alkyl carbamates (subject to hydrolysis) is 1. The van der Waals surface area contributed by atoms with E-state index in [0.717, 1.165) is 0 Å². The van der Waals surface area contributed by atoms with Gasteiger partial charge in [-0.05, 0) is 39.7 Å². The van der Waals surface area contributed by atoms with Crippen molar-refractivity contribution in [3.63, 3.8) is 0 Å². The van der Waals surface area contributed by atoms with Crippen molar-refractivity contribution >= 4 is 18.0 Å². The molecular formula is C21H29F3N2O5. The van der Waals surface area contributed by atoms with Crippen LogP contribution in [-0.4, -0.2) is 48.4 Å². The highest BCUT2D eigenvalue weighted by Gasteiger charge is 2.33. The molecule has 7 nitrogen and oxygen atoms in total. The van der Waals surface area contributed by atoms with Gasteiger partial charge in [0.2, 0.25) is 5.91 Å². The lowest BCUT2D eigenvalue weighted by atomic mass is 10.0. The second-order valence-corrected chi connectivity index (χ2v) is 7.86. The third kappa shape index (κ3) is 11.3. The molecule has 2 atom stereocenters. The van der Waals surface area contributed by atoms with E-state index in [9.17, 15) is 27.6 Å². The minimum Gasteiger partial charge on any atom is -0.464 e. The Morgan fingerprint density at radius 3 is 2.13 bits per heavy atom. The number of carbonyl (C=O) groups excluding carboxylic acids is 3. The first-order valence-electron chi connectivity index (χ1n) is 9.88. The van der Waals surface area contributed by atoms with Gasteiger partial charge in [-0.3, -0.25) is 4.79 Å². The number of hydrogen-bond donors (Lipinski definition) is 2. The molecule has 0 spiro atoms. The molecule has 0 saturated carbocycles. The normalized spacial score (nSPS) is 13.6. The Hall–Kier alpha value is -2.78. The van der Waals surface area contributed by atoms with Crippen LogP contribution in [0.15, 0.2) is 30.3 Å². The Balaban J connectivity index is 2.99. The number of esters is 1. The van der Waals surface area contributed by atoms with E-state index in [0.29, 0.717) is 5.56 Å². The molecule has 0 unspecified atom stereocenters. The number of carbonyl (C=O) groups is 3. The number of nitrogens with one attached hydrogen (secondary N) is 2. The summed E-state index contributed by atoms with van der Waals surface area (Å²) in [4.78, 5) is 37.1. The van der Waals surface area contributed by atoms with Gasteiger partial charge in [0.25, 0.3) is 0 Å². The largest absolute Gasteiger partial charge is 0.464 e. The molecule has 1 aromatic carbocycles. The Morgan fingerprint density at radius 1 is 1.00 bits per heavy atom. The predicted molar refractivity (Wildman–Crippen MR) is 107 cm³/mol. The van der Waals surface area contributed by atoms with Crippen molar-refractivity contribution in [2.24, 2.45) is 0 Å². The zero-order chi connectivity index (χ0) is 23.7. The highest BCUT2D eigenvalue weighted by atomic mass is 19.4. The molecule has 0 aliphatic heterocycles. The van der Waals surface area contributed by atoms with Crippen LogP contribution >= 0.6 is 0 Å². The van der Waals surface area contributed by atoms with Gasteiger partial charge in [-0.1, -0.05) is 30.3 Å². The Kier molecular flexibility index (Phi) is 9.80. The monoisotopic (exact) mass is 446 g/mol. The van der Waals surface area contributed by atoms with E-state index in [-0.39, 0.29) is 13.0 Å². The number of rotatable bonds is 9. The zero-order valence-corrected chi connectivity index (χ0v) is 18.0. The molecule has 0 radical (unpaired) electrons. The third-order valence-electron chi connectivity index (χ3n) is 3.89. The van der Waals surface area contributed by atoms with Gasteiger partial charge in [-0.2, -0.15) is 13.2 Å². The SMILES string of the molecule is CCOC(=O)[C@@H](CCC(F)(F)F)NC(=O)[C@@H](Cc1ccccc1)NC(=O)OC(C)(C)C. The van der Waals surface area contributed by atoms with E-state index >= 15 is 0 Å². The first kappa shape index (κ1) is 26.3. The number of ether oxygens (including phenoxy) is 2. The molecule has 0 aliphatic rings. The molecule has 1 rings (SSSR count). The predicted octanol–water partition coefficient (Wildman–Crippen LogP) is 3.51. The Bertz CT molecular complexity index is 733. The van der Waals surface area contributed by atoms with E-state index in [4.69, 9.17) is 9.47 Å². The summed E-state index contributed by atoms with van der Waals surface area (Å²) in [6.07, 6.45) is -7.29. The van der Waals surface area contributed by atoms with Crippen LogP contribution in [0.4, 0.5) is 18.0 Å². The Labute approximate surface area is 179 Å². The van der Waals surface area contributed by atoms with Crippen molar-refractivity contribution in [2.75, 3.05) is 6.61 Å². The number of hydrogen-bond acceptors (Lipinski definition) is 5. The summed E-state index contributed by atoms with van der Waals surface area (Å²) in [5.41, 5.74) is -0.125. The van der Waals surface area contributed by atoms with Gasteiger partial charge in [-0.15, -0.1) is 0 Å². The van der Waals surface area contributed by atoms with Gasteiger partial charge in [0.05, 0.1) is 6.61 Å². The standard InChI is InChI=1S/C21H29F3N2O5/c1-5-30-18(28)15(11-12-21(22,23)24)25-17(27)16(13-14-9-7-6-8-10-14)26-19(29)31-20(2,3)4/h6-10,15-16H,5,11-13H2,1-4H3,(H,25,27)(H,26,29)/t15-,16-/m1/s1. The topological polar surface area (TPSA) is 93.7 Å². The van der Waals surface area contributed by atoms with E-state index < -0.39 is 54.7 Å². The minimum absolute atomic E-state index is 0.0424. The smallest absolute Gasteiger partial charge is 0.408 e. The van der Waals surface area contributed by atoms with E-state index in [1.54, 1.807) is 51.1 Å². The van der Waals surface area contributed by atoms with Crippen LogP contribution in [0.2, 0.25) is 0 Å². The summed E-state index contributed by atoms with van der Waals surface area (Å²) in [5, 5.41) is 4.70. The van der Waals surface area contributed by atoms with Crippen LogP contribution in [0, 0.1) is 0 Å². The highest BCUT2D eigenvalue weighted by Crippen LogP contribution is 2.22. The van der Waals surface area contributed by atoms with Gasteiger partial charge in [-0.25, -0.2) is 9.59 Å². The molecule has 1 aromatic rings. The molecule has 0 aromatic heterocycles. The van der Waals surface area contributed by atoms with E-state index in [2.05, 4.69) is 10.6 Å². The van der Waals surface area contributed by atoms with Crippen LogP contribution in [0.1, 0.15) is 46.1 Å². The molecule has 2 N–H and O–H groups in total. The van der Waals surface area contributed by atoms with Gasteiger partial charge in [0.1, 0.15) is 17.7 Å². The van der Waals surface area contributed by atoms with Crippen molar-refractivity contribution in [3.05, 3.63) is 35.9 Å². The van der Waals surface area contributed by atoms with Crippen LogP contribution in [0.5, 0.6) is 0 Å². The summed E-state index contributed by atoms with van der Waals surface area (Å²) in [7, 11) is 0. The molecular weight excluding hydrogens is 417 g/mol. The number of halogens is 3. The fourth-order valence-corrected chi connectivity index (χ4v) is 2.58. The number of alkyl halides is 3. The van der Waals surface area contributed by atoms with Gasteiger partial charge in [0, 0.05) is 12.8 Å². The summed E-state index contributed by atoms with van der Waals surface area (Å²) in [6, 6.07) is 6.01. The maximum absolute atomic E-state index is 12.8. The fraction of sp³-hybridized carbons (Fsp3) is 0.571. The molecule has 174 valence electrons. The summed E-state index contributed by atoms with van der Waals surface area (Å²) >= 11 is 0. The van der Waals surface area contributed by atoms with Crippen LogP contribution < -0.4 is 10.6 Å². The molecule has 0 bridgehead atoms. The quantitative estimate of drug-likeness (QED) is 0.566. The van der Waals surface area contributed by atoms with Crippen LogP contribution in [-0.2, 0) is 25.5 Å². The first-order valence-corrected chi connectivity index (χ1v) is 9.88. The lowest BCUT2D eigenvalue weighted by Crippen LogP contribution is -2.53. The minimum atomic E-state index is -4.51. The van der Waals surface area contributed by atoms with Crippen molar-refractivity contribution in [2.45, 2.75) is 70.8 Å². The maximum Gasteiger partial charge on any atom is 0.408 e. The highest BCUT2D eigenvalue weighted by molar-refractivity contribution is 5.89. The van der Waals surface area contributed by atoms with Crippen molar-refractivity contribution < 1.29 is 37.0 Å². The fourth-order valence-electron chi connectivity index (χ4n) is 2.58. The summed E-state index contributed by atoms with van der Waals surface area (Å²) in [6.45, 7) is 6.38. The van der Waals surface area contributed by atoms with Crippen molar-refractivity contribution in [3.8, 4) is 0 Å². The van der Waals surface area contributed by atoms with E-state index in [1.165, 1.54) is 6.92 Å². The van der Waals surface area contributed by atoms with Gasteiger partial charge >= 0.3 is 18.2 Å². The second-order valence-electron chi connectivity index (χ2n) is 7.86. The number of amides is 2. The van der Waals surface area contributed by atoms with Crippen molar-refractivity contribution in [1.29, 1.82) is 0 Å². The zero-order valence-electron chi connectivity index (χ0n) is 18.0. The molecule has 0 saturated heterocycles. The lowest BCUT2D eigenvalue weighted by molar-refractivity contribution is -0.152. The summed E-state index contributed by atoms with van der Waals surface area (Å²) in [5.74, 6) is -1.80. The molecule has 0 heterocycles. The molecule has 2 amide bonds. The number of benzene rings is 1. The van der Waals surface area contributed by atoms with Gasteiger partial charge in [0.15, 0.2) is 0 Å². The average Bonchev–Trinajstić information content (AvgIpc) is 2.63. The summed E-state index contributed by atoms with van der Waals surface area (Å²) < 4.78 is 47.9. The molecule has 0 aliphatic carbocycles. The van der Waals surface area contributed by atoms with E-state index in [1.807, 2.05) is 0 Å². The second kappa shape index (κ2) is 11.6. The average molecular weight is 446 g/mol. The maximum atomic E-state index is 12.8. The first-order chi connectivity index (χ1) is 14.3. The Morgan fingerprint density at radius 2 is 1.61 bits per heavy atom. The molecule has 31 heavy (non-hydrogen) atoms. The van der Waals surface area contributed by atoms with Crippen molar-refractivity contribution in [1.82, 2.24) is 10.6 Å². The van der Waals surface area contributed by atoms with Crippen LogP contribution in [0.25, 0.3) is 0 Å². The van der Waals surface area contributed by atoms with Crippen LogP contribution in [0.3, 0.4) is 0 Å². The third-order valence-corrected chi connectivity index (χ3v) is 3.89. The molecule has 10 heteroatoms. The van der Waals surface area contributed by atoms with Gasteiger partial charge < -0.3 is 20.1 Å². The lowest BCUT2D eigenvalue weighted by Gasteiger charge is -2.25. The molecule has 0 fully saturated rings.